The van der Waals surface area contributed by atoms with Gasteiger partial charge in [0.05, 0.1) is 17.0 Å². The molecule has 0 saturated carbocycles. The second-order valence-electron chi connectivity index (χ2n) is 5.22. The van der Waals surface area contributed by atoms with E-state index in [9.17, 15) is 9.59 Å². The van der Waals surface area contributed by atoms with Crippen LogP contribution < -0.4 is 5.73 Å². The molecule has 22 heavy (non-hydrogen) atoms. The van der Waals surface area contributed by atoms with Crippen molar-refractivity contribution in [3.63, 3.8) is 0 Å². The monoisotopic (exact) mass is 293 g/mol. The van der Waals surface area contributed by atoms with Crippen LogP contribution in [0.25, 0.3) is 11.3 Å². The lowest BCUT2D eigenvalue weighted by Crippen LogP contribution is -2.16. The standard InChI is InChI=1S/C16H11N3O3/c1-7-6-10(20)15(22-7)13-11-12(18-16(17)19-13)8-4-2-3-5-9(8)14(11)21/h2-6,15H,1H3,(H2,17,18,19). The molecule has 2 aliphatic rings. The first-order valence-corrected chi connectivity index (χ1v) is 6.76. The number of carbonyl (C=O) groups is 2. The van der Waals surface area contributed by atoms with Gasteiger partial charge in [-0.3, -0.25) is 9.59 Å². The average molecular weight is 293 g/mol. The molecule has 1 aliphatic carbocycles. The molecule has 108 valence electrons. The molecule has 1 unspecified atom stereocenters. The molecule has 0 fully saturated rings. The van der Waals surface area contributed by atoms with Crippen molar-refractivity contribution in [2.45, 2.75) is 13.0 Å². The normalized spacial score (nSPS) is 18.8. The fourth-order valence-corrected chi connectivity index (χ4v) is 2.87. The van der Waals surface area contributed by atoms with Crippen LogP contribution in [0.3, 0.4) is 0 Å². The van der Waals surface area contributed by atoms with Gasteiger partial charge in [-0.2, -0.15) is 0 Å². The van der Waals surface area contributed by atoms with Crippen LogP contribution in [0.4, 0.5) is 5.95 Å². The van der Waals surface area contributed by atoms with Crippen molar-refractivity contribution < 1.29 is 14.3 Å². The Hall–Kier alpha value is -3.02. The third-order valence-corrected chi connectivity index (χ3v) is 3.76. The summed E-state index contributed by atoms with van der Waals surface area (Å²) in [5.41, 5.74) is 8.00. The number of benzene rings is 1. The molecule has 4 rings (SSSR count). The van der Waals surface area contributed by atoms with Crippen molar-refractivity contribution in [3.05, 3.63) is 52.9 Å². The number of ketones is 2. The maximum absolute atomic E-state index is 12.7. The van der Waals surface area contributed by atoms with E-state index in [4.69, 9.17) is 10.5 Å². The summed E-state index contributed by atoms with van der Waals surface area (Å²) in [5.74, 6) is 0.0474. The van der Waals surface area contributed by atoms with E-state index in [0.29, 0.717) is 28.1 Å². The molecule has 0 saturated heterocycles. The molecule has 1 atom stereocenters. The van der Waals surface area contributed by atoms with Gasteiger partial charge in [0.1, 0.15) is 5.69 Å². The van der Waals surface area contributed by atoms with Crippen LogP contribution in [0.1, 0.15) is 34.6 Å². The van der Waals surface area contributed by atoms with Crippen LogP contribution in [0.15, 0.2) is 36.1 Å². The molecule has 0 radical (unpaired) electrons. The number of hydrogen-bond donors (Lipinski definition) is 1. The lowest BCUT2D eigenvalue weighted by atomic mass is 10.0. The minimum Gasteiger partial charge on any atom is -0.480 e. The van der Waals surface area contributed by atoms with E-state index >= 15 is 0 Å². The maximum atomic E-state index is 12.7. The van der Waals surface area contributed by atoms with Crippen LogP contribution in [0, 0.1) is 0 Å². The zero-order chi connectivity index (χ0) is 15.4. The summed E-state index contributed by atoms with van der Waals surface area (Å²) in [6, 6.07) is 7.13. The lowest BCUT2D eigenvalue weighted by Gasteiger charge is -2.13. The third-order valence-electron chi connectivity index (χ3n) is 3.76. The van der Waals surface area contributed by atoms with Gasteiger partial charge < -0.3 is 10.5 Å². The molecule has 1 aliphatic heterocycles. The van der Waals surface area contributed by atoms with Gasteiger partial charge in [-0.1, -0.05) is 24.3 Å². The fourth-order valence-electron chi connectivity index (χ4n) is 2.87. The summed E-state index contributed by atoms with van der Waals surface area (Å²) in [6.45, 7) is 1.68. The van der Waals surface area contributed by atoms with Gasteiger partial charge in [0.25, 0.3) is 0 Å². The fraction of sp³-hybridized carbons (Fsp3) is 0.125. The minimum absolute atomic E-state index is 0.0132. The summed E-state index contributed by atoms with van der Waals surface area (Å²) in [7, 11) is 0. The Morgan fingerprint density at radius 2 is 1.86 bits per heavy atom. The number of nitrogens with zero attached hydrogens (tertiary/aromatic N) is 2. The molecule has 6 heteroatoms. The average Bonchev–Trinajstić information content (AvgIpc) is 2.97. The highest BCUT2D eigenvalue weighted by Crippen LogP contribution is 2.40. The van der Waals surface area contributed by atoms with Crippen LogP contribution >= 0.6 is 0 Å². The Morgan fingerprint density at radius 1 is 1.14 bits per heavy atom. The number of nitrogen functional groups attached to an aromatic ring is 1. The highest BCUT2D eigenvalue weighted by atomic mass is 16.5. The van der Waals surface area contributed by atoms with Gasteiger partial charge in [0.2, 0.25) is 17.8 Å². The topological polar surface area (TPSA) is 95.2 Å². The predicted octanol–water partition coefficient (Wildman–Crippen LogP) is 1.81. The summed E-state index contributed by atoms with van der Waals surface area (Å²) >= 11 is 0. The second kappa shape index (κ2) is 4.24. The van der Waals surface area contributed by atoms with E-state index in [1.165, 1.54) is 6.08 Å². The van der Waals surface area contributed by atoms with Crippen molar-refractivity contribution in [3.8, 4) is 11.3 Å². The van der Waals surface area contributed by atoms with Crippen molar-refractivity contribution in [1.29, 1.82) is 0 Å². The van der Waals surface area contributed by atoms with E-state index in [0.717, 1.165) is 0 Å². The number of fused-ring (bicyclic) bond motifs is 3. The Morgan fingerprint density at radius 3 is 2.55 bits per heavy atom. The van der Waals surface area contributed by atoms with Gasteiger partial charge in [-0.25, -0.2) is 9.97 Å². The molecule has 1 aromatic carbocycles. The van der Waals surface area contributed by atoms with Gasteiger partial charge >= 0.3 is 0 Å². The van der Waals surface area contributed by atoms with Crippen molar-refractivity contribution in [2.24, 2.45) is 0 Å². The SMILES string of the molecule is CC1=CC(=O)C(c2nc(N)nc3c2C(=O)c2ccccc2-3)O1. The number of anilines is 1. The minimum atomic E-state index is -0.933. The first kappa shape index (κ1) is 12.7. The molecule has 2 aromatic rings. The highest BCUT2D eigenvalue weighted by molar-refractivity contribution is 6.22. The molecule has 0 spiro atoms. The number of carbonyl (C=O) groups excluding carboxylic acids is 2. The quantitative estimate of drug-likeness (QED) is 0.735. The van der Waals surface area contributed by atoms with Gasteiger partial charge in [0.15, 0.2) is 5.78 Å². The zero-order valence-corrected chi connectivity index (χ0v) is 11.7. The van der Waals surface area contributed by atoms with Crippen LogP contribution in [-0.2, 0) is 9.53 Å². The molecule has 0 bridgehead atoms. The number of allylic oxidation sites excluding steroid dienone is 1. The maximum Gasteiger partial charge on any atom is 0.220 e. The zero-order valence-electron chi connectivity index (χ0n) is 11.7. The van der Waals surface area contributed by atoms with E-state index in [2.05, 4.69) is 9.97 Å². The predicted molar refractivity (Wildman–Crippen MR) is 77.9 cm³/mol. The van der Waals surface area contributed by atoms with E-state index < -0.39 is 6.10 Å². The summed E-state index contributed by atoms with van der Waals surface area (Å²) in [6.07, 6.45) is 0.458. The number of aromatic nitrogens is 2. The van der Waals surface area contributed by atoms with Gasteiger partial charge in [-0.05, 0) is 6.92 Å². The van der Waals surface area contributed by atoms with E-state index in [-0.39, 0.29) is 23.2 Å². The molecular weight excluding hydrogens is 282 g/mol. The number of rotatable bonds is 1. The number of hydrogen-bond acceptors (Lipinski definition) is 6. The molecule has 6 nitrogen and oxygen atoms in total. The Labute approximate surface area is 125 Å². The van der Waals surface area contributed by atoms with E-state index in [1.54, 1.807) is 25.1 Å². The molecule has 2 heterocycles. The van der Waals surface area contributed by atoms with Crippen LogP contribution in [-0.4, -0.2) is 21.5 Å². The summed E-state index contributed by atoms with van der Waals surface area (Å²) in [4.78, 5) is 33.0. The van der Waals surface area contributed by atoms with Crippen LogP contribution in [0.2, 0.25) is 0 Å². The van der Waals surface area contributed by atoms with E-state index in [1.807, 2.05) is 6.07 Å². The van der Waals surface area contributed by atoms with Crippen molar-refractivity contribution >= 4 is 17.5 Å². The first-order valence-electron chi connectivity index (χ1n) is 6.76. The Balaban J connectivity index is 1.96. The molecule has 2 N–H and O–H groups in total. The lowest BCUT2D eigenvalue weighted by molar-refractivity contribution is -0.121. The third kappa shape index (κ3) is 1.60. The molecule has 1 aromatic heterocycles. The smallest absolute Gasteiger partial charge is 0.220 e. The second-order valence-corrected chi connectivity index (χ2v) is 5.22. The highest BCUT2D eigenvalue weighted by Gasteiger charge is 2.38. The summed E-state index contributed by atoms with van der Waals surface area (Å²) in [5, 5.41) is 0. The Bertz CT molecular complexity index is 886. The Kier molecular flexibility index (Phi) is 2.45. The van der Waals surface area contributed by atoms with Gasteiger partial charge in [-0.15, -0.1) is 0 Å². The van der Waals surface area contributed by atoms with Crippen molar-refractivity contribution in [1.82, 2.24) is 9.97 Å². The molecule has 0 amide bonds. The number of ether oxygens (including phenoxy) is 1. The summed E-state index contributed by atoms with van der Waals surface area (Å²) < 4.78 is 5.50. The molecular formula is C16H11N3O3. The first-order chi connectivity index (χ1) is 10.6. The number of nitrogens with two attached hydrogens (primary N) is 1. The van der Waals surface area contributed by atoms with Gasteiger partial charge in [0, 0.05) is 17.2 Å². The largest absolute Gasteiger partial charge is 0.480 e. The van der Waals surface area contributed by atoms with Crippen LogP contribution in [0.5, 0.6) is 0 Å². The van der Waals surface area contributed by atoms with Crippen molar-refractivity contribution in [2.75, 3.05) is 5.73 Å².